The number of nitrogens with one attached hydrogen (secondary N) is 1. The third kappa shape index (κ3) is 4.06. The summed E-state index contributed by atoms with van der Waals surface area (Å²) in [6.45, 7) is 7.42. The Kier molecular flexibility index (Phi) is 5.12. The number of aryl methyl sites for hydroxylation is 1. The van der Waals surface area contributed by atoms with Crippen molar-refractivity contribution in [3.05, 3.63) is 41.5 Å². The molecule has 0 aliphatic carbocycles. The Morgan fingerprint density at radius 1 is 1.30 bits per heavy atom. The molecule has 0 saturated carbocycles. The SMILES string of the molecule is CCOc1ccc(C(C)NCCc2noc(C)n2)cc1. The van der Waals surface area contributed by atoms with Crippen LogP contribution in [0.15, 0.2) is 28.8 Å². The Bertz CT molecular complexity index is 522. The molecule has 0 saturated heterocycles. The maximum absolute atomic E-state index is 5.43. The molecule has 5 nitrogen and oxygen atoms in total. The van der Waals surface area contributed by atoms with Gasteiger partial charge < -0.3 is 14.6 Å². The molecular weight excluding hydrogens is 254 g/mol. The Morgan fingerprint density at radius 3 is 2.65 bits per heavy atom. The van der Waals surface area contributed by atoms with Gasteiger partial charge in [-0.25, -0.2) is 0 Å². The highest BCUT2D eigenvalue weighted by molar-refractivity contribution is 5.28. The standard InChI is InChI=1S/C15H21N3O2/c1-4-19-14-7-5-13(6-8-14)11(2)16-10-9-15-17-12(3)20-18-15/h5-8,11,16H,4,9-10H2,1-3H3. The van der Waals surface area contributed by atoms with Crippen molar-refractivity contribution in [1.29, 1.82) is 0 Å². The third-order valence-corrected chi connectivity index (χ3v) is 3.06. The largest absolute Gasteiger partial charge is 0.494 e. The first-order chi connectivity index (χ1) is 9.69. The molecule has 5 heteroatoms. The van der Waals surface area contributed by atoms with E-state index < -0.39 is 0 Å². The quantitative estimate of drug-likeness (QED) is 0.841. The van der Waals surface area contributed by atoms with Crippen LogP contribution in [0.4, 0.5) is 0 Å². The van der Waals surface area contributed by atoms with Crippen LogP contribution in [0.5, 0.6) is 5.75 Å². The van der Waals surface area contributed by atoms with Gasteiger partial charge in [-0.1, -0.05) is 17.3 Å². The molecule has 0 radical (unpaired) electrons. The lowest BCUT2D eigenvalue weighted by Gasteiger charge is -2.14. The molecule has 0 spiro atoms. The van der Waals surface area contributed by atoms with Gasteiger partial charge in [-0.2, -0.15) is 4.98 Å². The van der Waals surface area contributed by atoms with Crippen LogP contribution in [-0.4, -0.2) is 23.3 Å². The summed E-state index contributed by atoms with van der Waals surface area (Å²) in [6, 6.07) is 8.44. The van der Waals surface area contributed by atoms with Crippen LogP contribution in [-0.2, 0) is 6.42 Å². The molecule has 1 aromatic carbocycles. The summed E-state index contributed by atoms with van der Waals surface area (Å²) in [6.07, 6.45) is 0.763. The molecule has 0 amide bonds. The van der Waals surface area contributed by atoms with Gasteiger partial charge in [0.15, 0.2) is 5.82 Å². The lowest BCUT2D eigenvalue weighted by molar-refractivity contribution is 0.340. The zero-order valence-electron chi connectivity index (χ0n) is 12.2. The summed E-state index contributed by atoms with van der Waals surface area (Å²) in [5, 5.41) is 7.32. The van der Waals surface area contributed by atoms with Crippen LogP contribution in [0.2, 0.25) is 0 Å². The van der Waals surface area contributed by atoms with Crippen LogP contribution in [0.3, 0.4) is 0 Å². The first-order valence-corrected chi connectivity index (χ1v) is 6.94. The van der Waals surface area contributed by atoms with Crippen molar-refractivity contribution in [1.82, 2.24) is 15.5 Å². The molecule has 1 unspecified atom stereocenters. The van der Waals surface area contributed by atoms with Gasteiger partial charge in [-0.15, -0.1) is 0 Å². The molecule has 108 valence electrons. The summed E-state index contributed by atoms with van der Waals surface area (Å²) >= 11 is 0. The zero-order valence-corrected chi connectivity index (χ0v) is 12.2. The van der Waals surface area contributed by atoms with Gasteiger partial charge in [-0.3, -0.25) is 0 Å². The smallest absolute Gasteiger partial charge is 0.223 e. The van der Waals surface area contributed by atoms with Gasteiger partial charge in [0.25, 0.3) is 0 Å². The van der Waals surface area contributed by atoms with E-state index in [0.717, 1.165) is 24.5 Å². The van der Waals surface area contributed by atoms with E-state index in [9.17, 15) is 0 Å². The van der Waals surface area contributed by atoms with E-state index in [4.69, 9.17) is 9.26 Å². The van der Waals surface area contributed by atoms with Gasteiger partial charge in [0.1, 0.15) is 5.75 Å². The van der Waals surface area contributed by atoms with Gasteiger partial charge in [0.05, 0.1) is 6.61 Å². The van der Waals surface area contributed by atoms with Crippen molar-refractivity contribution in [3.63, 3.8) is 0 Å². The molecule has 2 aromatic rings. The highest BCUT2D eigenvalue weighted by Gasteiger charge is 2.06. The molecule has 0 aliphatic heterocycles. The Labute approximate surface area is 119 Å². The van der Waals surface area contributed by atoms with E-state index in [0.29, 0.717) is 12.5 Å². The fourth-order valence-electron chi connectivity index (χ4n) is 1.98. The minimum atomic E-state index is 0.277. The highest BCUT2D eigenvalue weighted by Crippen LogP contribution is 2.17. The van der Waals surface area contributed by atoms with Crippen molar-refractivity contribution in [3.8, 4) is 5.75 Å². The topological polar surface area (TPSA) is 60.2 Å². The van der Waals surface area contributed by atoms with E-state index in [1.807, 2.05) is 19.1 Å². The number of aromatic nitrogens is 2. The normalized spacial score (nSPS) is 12.3. The van der Waals surface area contributed by atoms with Crippen molar-refractivity contribution >= 4 is 0 Å². The zero-order chi connectivity index (χ0) is 14.4. The predicted octanol–water partition coefficient (Wildman–Crippen LogP) is 2.67. The van der Waals surface area contributed by atoms with Gasteiger partial charge in [0, 0.05) is 25.9 Å². The van der Waals surface area contributed by atoms with E-state index in [2.05, 4.69) is 34.5 Å². The van der Waals surface area contributed by atoms with Crippen molar-refractivity contribution in [2.75, 3.05) is 13.2 Å². The highest BCUT2D eigenvalue weighted by atomic mass is 16.5. The van der Waals surface area contributed by atoms with Crippen LogP contribution in [0.25, 0.3) is 0 Å². The molecule has 0 aliphatic rings. The van der Waals surface area contributed by atoms with E-state index >= 15 is 0 Å². The van der Waals surface area contributed by atoms with Gasteiger partial charge in [0.2, 0.25) is 5.89 Å². The van der Waals surface area contributed by atoms with Crippen molar-refractivity contribution in [2.45, 2.75) is 33.2 Å². The lowest BCUT2D eigenvalue weighted by atomic mass is 10.1. The minimum Gasteiger partial charge on any atom is -0.494 e. The monoisotopic (exact) mass is 275 g/mol. The van der Waals surface area contributed by atoms with Gasteiger partial charge in [-0.05, 0) is 31.5 Å². The van der Waals surface area contributed by atoms with E-state index in [-0.39, 0.29) is 6.04 Å². The second-order valence-electron chi connectivity index (χ2n) is 4.66. The number of hydrogen-bond donors (Lipinski definition) is 1. The first-order valence-electron chi connectivity index (χ1n) is 6.94. The number of nitrogens with zero attached hydrogens (tertiary/aromatic N) is 2. The molecule has 1 heterocycles. The second kappa shape index (κ2) is 7.05. The molecule has 1 aromatic heterocycles. The average molecular weight is 275 g/mol. The van der Waals surface area contributed by atoms with Crippen LogP contribution >= 0.6 is 0 Å². The third-order valence-electron chi connectivity index (χ3n) is 3.06. The second-order valence-corrected chi connectivity index (χ2v) is 4.66. The molecule has 0 bridgehead atoms. The molecule has 0 fully saturated rings. The fraction of sp³-hybridized carbons (Fsp3) is 0.467. The average Bonchev–Trinajstić information content (AvgIpc) is 2.85. The van der Waals surface area contributed by atoms with Crippen LogP contribution in [0.1, 0.15) is 37.2 Å². The summed E-state index contributed by atoms with van der Waals surface area (Å²) in [5.41, 5.74) is 1.23. The number of hydrogen-bond acceptors (Lipinski definition) is 5. The predicted molar refractivity (Wildman–Crippen MR) is 76.8 cm³/mol. The number of rotatable bonds is 7. The maximum atomic E-state index is 5.43. The minimum absolute atomic E-state index is 0.277. The van der Waals surface area contributed by atoms with E-state index in [1.54, 1.807) is 6.92 Å². The summed E-state index contributed by atoms with van der Waals surface area (Å²) in [4.78, 5) is 4.18. The molecular formula is C15H21N3O2. The Morgan fingerprint density at radius 2 is 2.05 bits per heavy atom. The number of benzene rings is 1. The Balaban J connectivity index is 1.80. The first kappa shape index (κ1) is 14.5. The van der Waals surface area contributed by atoms with Crippen LogP contribution < -0.4 is 10.1 Å². The maximum Gasteiger partial charge on any atom is 0.223 e. The number of ether oxygens (including phenoxy) is 1. The molecule has 1 N–H and O–H groups in total. The van der Waals surface area contributed by atoms with E-state index in [1.165, 1.54) is 5.56 Å². The summed E-state index contributed by atoms with van der Waals surface area (Å²) < 4.78 is 10.4. The molecule has 1 atom stereocenters. The Hall–Kier alpha value is -1.88. The van der Waals surface area contributed by atoms with Crippen molar-refractivity contribution in [2.24, 2.45) is 0 Å². The molecule has 20 heavy (non-hydrogen) atoms. The summed E-state index contributed by atoms with van der Waals surface area (Å²) in [7, 11) is 0. The molecule has 2 rings (SSSR count). The fourth-order valence-corrected chi connectivity index (χ4v) is 1.98. The van der Waals surface area contributed by atoms with Gasteiger partial charge >= 0.3 is 0 Å². The van der Waals surface area contributed by atoms with Crippen molar-refractivity contribution < 1.29 is 9.26 Å². The van der Waals surface area contributed by atoms with Crippen LogP contribution in [0, 0.1) is 6.92 Å². The summed E-state index contributed by atoms with van der Waals surface area (Å²) in [5.74, 6) is 2.26. The lowest BCUT2D eigenvalue weighted by Crippen LogP contribution is -2.21.